The number of nitrogens with zero attached hydrogens (tertiary/aromatic N) is 2. The van der Waals surface area contributed by atoms with Crippen molar-refractivity contribution in [2.45, 2.75) is 52.1 Å². The first-order valence-electron chi connectivity index (χ1n) is 6.77. The third kappa shape index (κ3) is 3.00. The van der Waals surface area contributed by atoms with Gasteiger partial charge in [-0.2, -0.15) is 4.98 Å². The molecule has 2 rings (SSSR count). The zero-order chi connectivity index (χ0) is 12.1. The Morgan fingerprint density at radius 2 is 2.35 bits per heavy atom. The van der Waals surface area contributed by atoms with Crippen LogP contribution >= 0.6 is 0 Å². The highest BCUT2D eigenvalue weighted by Gasteiger charge is 2.24. The number of anilines is 1. The number of nitrogens with one attached hydrogen (secondary N) is 1. The molecule has 1 aliphatic rings. The molecule has 0 aliphatic carbocycles. The van der Waals surface area contributed by atoms with E-state index in [4.69, 9.17) is 4.42 Å². The highest BCUT2D eigenvalue weighted by molar-refractivity contribution is 5.29. The van der Waals surface area contributed by atoms with E-state index in [1.54, 1.807) is 6.26 Å². The van der Waals surface area contributed by atoms with Crippen LogP contribution in [0.1, 0.15) is 45.2 Å². The average Bonchev–Trinajstić information content (AvgIpc) is 2.85. The van der Waals surface area contributed by atoms with Crippen LogP contribution < -0.4 is 10.2 Å². The van der Waals surface area contributed by atoms with Crippen LogP contribution in [0.4, 0.5) is 6.01 Å². The normalized spacial score (nSPS) is 20.8. The molecule has 0 bridgehead atoms. The summed E-state index contributed by atoms with van der Waals surface area (Å²) >= 11 is 0. The summed E-state index contributed by atoms with van der Waals surface area (Å²) in [5.74, 6) is 0. The van der Waals surface area contributed by atoms with Crippen LogP contribution in [0.2, 0.25) is 0 Å². The van der Waals surface area contributed by atoms with E-state index in [1.165, 1.54) is 25.7 Å². The molecule has 1 N–H and O–H groups in total. The Hall–Kier alpha value is -1.03. The lowest BCUT2D eigenvalue weighted by Gasteiger charge is -2.33. The summed E-state index contributed by atoms with van der Waals surface area (Å²) in [6, 6.07) is 1.42. The van der Waals surface area contributed by atoms with Crippen LogP contribution in [0.5, 0.6) is 0 Å². The lowest BCUT2D eigenvalue weighted by atomic mass is 10.0. The van der Waals surface area contributed by atoms with E-state index in [1.807, 2.05) is 0 Å². The van der Waals surface area contributed by atoms with Gasteiger partial charge in [0.25, 0.3) is 6.01 Å². The summed E-state index contributed by atoms with van der Waals surface area (Å²) in [5.41, 5.74) is 1.00. The molecule has 17 heavy (non-hydrogen) atoms. The van der Waals surface area contributed by atoms with Crippen molar-refractivity contribution in [2.24, 2.45) is 0 Å². The maximum Gasteiger partial charge on any atom is 0.297 e. The lowest BCUT2D eigenvalue weighted by Crippen LogP contribution is -2.39. The number of oxazole rings is 1. The zero-order valence-corrected chi connectivity index (χ0v) is 10.9. The second kappa shape index (κ2) is 6.05. The van der Waals surface area contributed by atoms with Gasteiger partial charge in [0.2, 0.25) is 0 Å². The maximum absolute atomic E-state index is 5.61. The Morgan fingerprint density at radius 1 is 1.47 bits per heavy atom. The van der Waals surface area contributed by atoms with Gasteiger partial charge >= 0.3 is 0 Å². The van der Waals surface area contributed by atoms with Gasteiger partial charge in [-0.05, 0) is 32.2 Å². The first-order chi connectivity index (χ1) is 8.35. The second-order valence-electron chi connectivity index (χ2n) is 4.65. The molecule has 96 valence electrons. The van der Waals surface area contributed by atoms with Gasteiger partial charge in [0, 0.05) is 19.1 Å². The fourth-order valence-corrected chi connectivity index (χ4v) is 2.44. The molecule has 1 fully saturated rings. The topological polar surface area (TPSA) is 41.3 Å². The van der Waals surface area contributed by atoms with Crippen LogP contribution in [0.3, 0.4) is 0 Å². The SMILES string of the molecule is CCNCc1coc(N2CCCCC2CC)n1. The molecule has 4 heteroatoms. The zero-order valence-electron chi connectivity index (χ0n) is 10.9. The summed E-state index contributed by atoms with van der Waals surface area (Å²) in [7, 11) is 0. The molecule has 2 heterocycles. The summed E-state index contributed by atoms with van der Waals surface area (Å²) in [6.45, 7) is 7.18. The van der Waals surface area contributed by atoms with E-state index in [0.29, 0.717) is 6.04 Å². The van der Waals surface area contributed by atoms with Gasteiger partial charge in [0.1, 0.15) is 6.26 Å². The molecule has 1 aromatic heterocycles. The van der Waals surface area contributed by atoms with Crippen molar-refractivity contribution >= 4 is 6.01 Å². The Kier molecular flexibility index (Phi) is 4.42. The van der Waals surface area contributed by atoms with Gasteiger partial charge in [0.15, 0.2) is 0 Å². The summed E-state index contributed by atoms with van der Waals surface area (Å²) < 4.78 is 5.61. The van der Waals surface area contributed by atoms with Crippen molar-refractivity contribution in [2.75, 3.05) is 18.0 Å². The second-order valence-corrected chi connectivity index (χ2v) is 4.65. The Balaban J connectivity index is 2.02. The van der Waals surface area contributed by atoms with Crippen molar-refractivity contribution in [1.29, 1.82) is 0 Å². The van der Waals surface area contributed by atoms with Gasteiger partial charge in [-0.3, -0.25) is 0 Å². The highest BCUT2D eigenvalue weighted by atomic mass is 16.4. The number of hydrogen-bond acceptors (Lipinski definition) is 4. The van der Waals surface area contributed by atoms with Crippen LogP contribution in [-0.2, 0) is 6.54 Å². The molecule has 0 radical (unpaired) electrons. The van der Waals surface area contributed by atoms with E-state index in [2.05, 4.69) is 29.0 Å². The summed E-state index contributed by atoms with van der Waals surface area (Å²) in [6.07, 6.45) is 6.80. The molecule has 1 saturated heterocycles. The molecule has 0 saturated carbocycles. The third-order valence-corrected chi connectivity index (χ3v) is 3.44. The van der Waals surface area contributed by atoms with Gasteiger partial charge in [-0.25, -0.2) is 0 Å². The van der Waals surface area contributed by atoms with E-state index in [9.17, 15) is 0 Å². The van der Waals surface area contributed by atoms with Crippen LogP contribution in [-0.4, -0.2) is 24.1 Å². The molecular formula is C13H23N3O. The Bertz CT molecular complexity index is 337. The molecule has 0 aromatic carbocycles. The van der Waals surface area contributed by atoms with Crippen LogP contribution in [0, 0.1) is 0 Å². The molecule has 1 aromatic rings. The quantitative estimate of drug-likeness (QED) is 0.854. The minimum atomic E-state index is 0.606. The highest BCUT2D eigenvalue weighted by Crippen LogP contribution is 2.25. The van der Waals surface area contributed by atoms with Crippen molar-refractivity contribution in [3.05, 3.63) is 12.0 Å². The monoisotopic (exact) mass is 237 g/mol. The third-order valence-electron chi connectivity index (χ3n) is 3.44. The fraction of sp³-hybridized carbons (Fsp3) is 0.769. The molecule has 1 atom stereocenters. The minimum absolute atomic E-state index is 0.606. The number of rotatable bonds is 5. The summed E-state index contributed by atoms with van der Waals surface area (Å²) in [5, 5.41) is 3.26. The van der Waals surface area contributed by atoms with Crippen molar-refractivity contribution in [3.8, 4) is 0 Å². The van der Waals surface area contributed by atoms with Crippen molar-refractivity contribution in [3.63, 3.8) is 0 Å². The number of hydrogen-bond donors (Lipinski definition) is 1. The summed E-state index contributed by atoms with van der Waals surface area (Å²) in [4.78, 5) is 6.90. The number of piperidine rings is 1. The first kappa shape index (κ1) is 12.4. The van der Waals surface area contributed by atoms with E-state index >= 15 is 0 Å². The average molecular weight is 237 g/mol. The van der Waals surface area contributed by atoms with Gasteiger partial charge < -0.3 is 14.6 Å². The predicted octanol–water partition coefficient (Wildman–Crippen LogP) is 2.55. The Morgan fingerprint density at radius 3 is 3.12 bits per heavy atom. The Labute approximate surface area is 103 Å². The molecule has 0 spiro atoms. The molecular weight excluding hydrogens is 214 g/mol. The van der Waals surface area contributed by atoms with Gasteiger partial charge in [-0.1, -0.05) is 13.8 Å². The fourth-order valence-electron chi connectivity index (χ4n) is 2.44. The maximum atomic E-state index is 5.61. The van der Waals surface area contributed by atoms with Crippen LogP contribution in [0.25, 0.3) is 0 Å². The van der Waals surface area contributed by atoms with Crippen molar-refractivity contribution < 1.29 is 4.42 Å². The molecule has 1 unspecified atom stereocenters. The first-order valence-corrected chi connectivity index (χ1v) is 6.77. The molecule has 4 nitrogen and oxygen atoms in total. The van der Waals surface area contributed by atoms with Crippen LogP contribution in [0.15, 0.2) is 10.7 Å². The van der Waals surface area contributed by atoms with Crippen molar-refractivity contribution in [1.82, 2.24) is 10.3 Å². The van der Waals surface area contributed by atoms with Gasteiger partial charge in [-0.15, -0.1) is 0 Å². The van der Waals surface area contributed by atoms with E-state index in [0.717, 1.165) is 31.3 Å². The van der Waals surface area contributed by atoms with Gasteiger partial charge in [0.05, 0.1) is 5.69 Å². The molecule has 0 amide bonds. The van der Waals surface area contributed by atoms with E-state index < -0.39 is 0 Å². The largest absolute Gasteiger partial charge is 0.432 e. The molecule has 1 aliphatic heterocycles. The standard InChI is InChI=1S/C13H23N3O/c1-3-12-7-5-6-8-16(12)13-15-11(10-17-13)9-14-4-2/h10,12,14H,3-9H2,1-2H3. The minimum Gasteiger partial charge on any atom is -0.432 e. The predicted molar refractivity (Wildman–Crippen MR) is 69.2 cm³/mol. The number of aromatic nitrogens is 1. The lowest BCUT2D eigenvalue weighted by molar-refractivity contribution is 0.410. The smallest absolute Gasteiger partial charge is 0.297 e. The van der Waals surface area contributed by atoms with E-state index in [-0.39, 0.29) is 0 Å².